The zero-order valence-corrected chi connectivity index (χ0v) is 15.1. The summed E-state index contributed by atoms with van der Waals surface area (Å²) in [6.45, 7) is 2.72. The van der Waals surface area contributed by atoms with E-state index in [2.05, 4.69) is 29.9 Å². The van der Waals surface area contributed by atoms with Gasteiger partial charge in [-0.1, -0.05) is 0 Å². The van der Waals surface area contributed by atoms with E-state index in [4.69, 9.17) is 0 Å². The smallest absolute Gasteiger partial charge is 0.253 e. The highest BCUT2D eigenvalue weighted by Gasteiger charge is 2.23. The summed E-state index contributed by atoms with van der Waals surface area (Å²) in [5.74, 6) is 1.55. The maximum absolute atomic E-state index is 12.9. The number of aromatic amines is 1. The van der Waals surface area contributed by atoms with Crippen molar-refractivity contribution in [3.63, 3.8) is 0 Å². The molecular formula is C19H18N8O. The third-order valence-electron chi connectivity index (χ3n) is 4.98. The lowest BCUT2D eigenvalue weighted by atomic mass is 10.1. The lowest BCUT2D eigenvalue weighted by Gasteiger charge is -2.35. The molecule has 0 unspecified atom stereocenters. The molecule has 4 aromatic rings. The van der Waals surface area contributed by atoms with Crippen LogP contribution in [-0.2, 0) is 0 Å². The van der Waals surface area contributed by atoms with Crippen LogP contribution in [-0.4, -0.2) is 66.7 Å². The summed E-state index contributed by atoms with van der Waals surface area (Å²) in [4.78, 5) is 32.6. The van der Waals surface area contributed by atoms with Gasteiger partial charge in [0.25, 0.3) is 5.91 Å². The van der Waals surface area contributed by atoms with E-state index in [1.165, 1.54) is 12.7 Å². The van der Waals surface area contributed by atoms with E-state index in [1.54, 1.807) is 11.0 Å². The van der Waals surface area contributed by atoms with Crippen LogP contribution in [0.3, 0.4) is 0 Å². The van der Waals surface area contributed by atoms with E-state index < -0.39 is 0 Å². The first kappa shape index (κ1) is 16.4. The van der Waals surface area contributed by atoms with Crippen LogP contribution < -0.4 is 4.90 Å². The predicted octanol–water partition coefficient (Wildman–Crippen LogP) is 1.50. The molecule has 9 heteroatoms. The van der Waals surface area contributed by atoms with Gasteiger partial charge in [0, 0.05) is 54.9 Å². The second kappa shape index (κ2) is 6.76. The number of amides is 1. The molecule has 0 spiro atoms. The Morgan fingerprint density at radius 3 is 2.64 bits per heavy atom. The standard InChI is InChI=1S/C19H18N8O/c28-19(15-1-2-16-14(9-15)3-4-21-16)26-7-5-25(6-8-26)17-10-18(23-12-22-17)27-13-20-11-24-27/h1-4,9-13,21H,5-8H2. The molecule has 1 aliphatic rings. The van der Waals surface area contributed by atoms with Crippen LogP contribution >= 0.6 is 0 Å². The molecule has 0 atom stereocenters. The highest BCUT2D eigenvalue weighted by Crippen LogP contribution is 2.19. The molecule has 28 heavy (non-hydrogen) atoms. The van der Waals surface area contributed by atoms with E-state index in [0.29, 0.717) is 32.0 Å². The molecule has 3 aromatic heterocycles. The third-order valence-corrected chi connectivity index (χ3v) is 4.98. The quantitative estimate of drug-likeness (QED) is 0.584. The van der Waals surface area contributed by atoms with Gasteiger partial charge in [-0.25, -0.2) is 19.6 Å². The zero-order chi connectivity index (χ0) is 18.9. The van der Waals surface area contributed by atoms with Gasteiger partial charge in [-0.3, -0.25) is 4.79 Å². The van der Waals surface area contributed by atoms with Gasteiger partial charge < -0.3 is 14.8 Å². The molecule has 1 N–H and O–H groups in total. The Morgan fingerprint density at radius 2 is 1.82 bits per heavy atom. The van der Waals surface area contributed by atoms with Crippen LogP contribution in [0.15, 0.2) is 55.5 Å². The molecule has 1 amide bonds. The van der Waals surface area contributed by atoms with Crippen molar-refractivity contribution in [3.8, 4) is 5.82 Å². The molecule has 5 rings (SSSR count). The molecule has 0 radical (unpaired) electrons. The van der Waals surface area contributed by atoms with E-state index in [1.807, 2.05) is 41.4 Å². The number of hydrogen-bond donors (Lipinski definition) is 1. The number of nitrogens with one attached hydrogen (secondary N) is 1. The number of piperazine rings is 1. The number of nitrogens with zero attached hydrogens (tertiary/aromatic N) is 7. The minimum absolute atomic E-state index is 0.0637. The van der Waals surface area contributed by atoms with E-state index in [0.717, 1.165) is 22.3 Å². The SMILES string of the molecule is O=C(c1ccc2[nH]ccc2c1)N1CCN(c2cc(-n3cncn3)ncn2)CC1. The minimum atomic E-state index is 0.0637. The summed E-state index contributed by atoms with van der Waals surface area (Å²) in [6, 6.07) is 9.63. The van der Waals surface area contributed by atoms with Gasteiger partial charge in [0.05, 0.1) is 0 Å². The molecule has 0 bridgehead atoms. The summed E-state index contributed by atoms with van der Waals surface area (Å²) < 4.78 is 1.60. The van der Waals surface area contributed by atoms with Gasteiger partial charge in [-0.15, -0.1) is 0 Å². The molecule has 1 fully saturated rings. The van der Waals surface area contributed by atoms with Crippen LogP contribution in [0.4, 0.5) is 5.82 Å². The van der Waals surface area contributed by atoms with Gasteiger partial charge in [0.15, 0.2) is 5.82 Å². The Balaban J connectivity index is 1.28. The molecule has 9 nitrogen and oxygen atoms in total. The number of rotatable bonds is 3. The van der Waals surface area contributed by atoms with Crippen LogP contribution in [0.25, 0.3) is 16.7 Å². The summed E-state index contributed by atoms with van der Waals surface area (Å²) in [6.07, 6.45) is 6.48. The summed E-state index contributed by atoms with van der Waals surface area (Å²) in [5, 5.41) is 5.15. The lowest BCUT2D eigenvalue weighted by molar-refractivity contribution is 0.0746. The van der Waals surface area contributed by atoms with Crippen molar-refractivity contribution in [2.75, 3.05) is 31.1 Å². The molecule has 1 aliphatic heterocycles. The predicted molar refractivity (Wildman–Crippen MR) is 103 cm³/mol. The van der Waals surface area contributed by atoms with Gasteiger partial charge >= 0.3 is 0 Å². The van der Waals surface area contributed by atoms with E-state index in [9.17, 15) is 4.79 Å². The Hall–Kier alpha value is -3.75. The second-order valence-corrected chi connectivity index (χ2v) is 6.63. The third kappa shape index (κ3) is 2.96. The number of fused-ring (bicyclic) bond motifs is 1. The number of aromatic nitrogens is 6. The number of anilines is 1. The Labute approximate surface area is 160 Å². The van der Waals surface area contributed by atoms with Crippen molar-refractivity contribution in [2.24, 2.45) is 0 Å². The van der Waals surface area contributed by atoms with Crippen molar-refractivity contribution in [1.82, 2.24) is 34.6 Å². The number of carbonyl (C=O) groups is 1. The van der Waals surface area contributed by atoms with Crippen LogP contribution in [0.1, 0.15) is 10.4 Å². The average molecular weight is 374 g/mol. The monoisotopic (exact) mass is 374 g/mol. The molecule has 1 saturated heterocycles. The minimum Gasteiger partial charge on any atom is -0.361 e. The summed E-state index contributed by atoms with van der Waals surface area (Å²) in [5.41, 5.74) is 1.75. The first-order valence-corrected chi connectivity index (χ1v) is 9.06. The highest BCUT2D eigenvalue weighted by molar-refractivity contribution is 5.98. The number of H-pyrrole nitrogens is 1. The maximum atomic E-state index is 12.9. The average Bonchev–Trinajstić information content (AvgIpc) is 3.45. The Kier molecular flexibility index (Phi) is 3.97. The first-order chi connectivity index (χ1) is 13.8. The summed E-state index contributed by atoms with van der Waals surface area (Å²) in [7, 11) is 0. The molecule has 1 aromatic carbocycles. The van der Waals surface area contributed by atoms with Crippen molar-refractivity contribution >= 4 is 22.6 Å². The maximum Gasteiger partial charge on any atom is 0.253 e. The molecule has 140 valence electrons. The lowest BCUT2D eigenvalue weighted by Crippen LogP contribution is -2.49. The molecule has 0 aliphatic carbocycles. The molecule has 0 saturated carbocycles. The fourth-order valence-electron chi connectivity index (χ4n) is 3.47. The van der Waals surface area contributed by atoms with Crippen LogP contribution in [0, 0.1) is 0 Å². The second-order valence-electron chi connectivity index (χ2n) is 6.63. The van der Waals surface area contributed by atoms with Crippen molar-refractivity contribution in [3.05, 3.63) is 61.1 Å². The Morgan fingerprint density at radius 1 is 0.964 bits per heavy atom. The van der Waals surface area contributed by atoms with Gasteiger partial charge in [0.2, 0.25) is 0 Å². The van der Waals surface area contributed by atoms with Crippen molar-refractivity contribution in [1.29, 1.82) is 0 Å². The summed E-state index contributed by atoms with van der Waals surface area (Å²) >= 11 is 0. The first-order valence-electron chi connectivity index (χ1n) is 9.06. The normalized spacial score (nSPS) is 14.6. The van der Waals surface area contributed by atoms with Crippen molar-refractivity contribution in [2.45, 2.75) is 0 Å². The molecular weight excluding hydrogens is 356 g/mol. The highest BCUT2D eigenvalue weighted by atomic mass is 16.2. The topological polar surface area (TPSA) is 95.8 Å². The Bertz CT molecular complexity index is 1110. The van der Waals surface area contributed by atoms with Crippen LogP contribution in [0.2, 0.25) is 0 Å². The molecule has 4 heterocycles. The van der Waals surface area contributed by atoms with Crippen LogP contribution in [0.5, 0.6) is 0 Å². The largest absolute Gasteiger partial charge is 0.361 e. The van der Waals surface area contributed by atoms with E-state index in [-0.39, 0.29) is 5.91 Å². The van der Waals surface area contributed by atoms with E-state index >= 15 is 0 Å². The van der Waals surface area contributed by atoms with Crippen molar-refractivity contribution < 1.29 is 4.79 Å². The number of carbonyl (C=O) groups excluding carboxylic acids is 1. The zero-order valence-electron chi connectivity index (χ0n) is 15.1. The van der Waals surface area contributed by atoms with Gasteiger partial charge in [0.1, 0.15) is 24.8 Å². The number of hydrogen-bond acceptors (Lipinski definition) is 6. The van der Waals surface area contributed by atoms with Gasteiger partial charge in [-0.2, -0.15) is 5.10 Å². The number of benzene rings is 1. The van der Waals surface area contributed by atoms with Gasteiger partial charge in [-0.05, 0) is 24.3 Å². The fraction of sp³-hybridized carbons (Fsp3) is 0.211. The fourth-order valence-corrected chi connectivity index (χ4v) is 3.47.